The smallest absolute Gasteiger partial charge is 0.247 e. The molecule has 1 saturated carbocycles. The lowest BCUT2D eigenvalue weighted by molar-refractivity contribution is -0.130. The van der Waals surface area contributed by atoms with E-state index in [2.05, 4.69) is 0 Å². The first-order chi connectivity index (χ1) is 6.33. The zero-order valence-electron chi connectivity index (χ0n) is 7.10. The first-order valence-corrected chi connectivity index (χ1v) is 4.32. The molecule has 2 rings (SSSR count). The third-order valence-corrected chi connectivity index (χ3v) is 2.47. The summed E-state index contributed by atoms with van der Waals surface area (Å²) in [6.07, 6.45) is 0.844. The predicted octanol–water partition coefficient (Wildman–Crippen LogP) is 1.30. The van der Waals surface area contributed by atoms with Crippen LogP contribution in [0.15, 0.2) is 30.3 Å². The summed E-state index contributed by atoms with van der Waals surface area (Å²) < 4.78 is 0. The Morgan fingerprint density at radius 3 is 2.69 bits per heavy atom. The molecule has 0 spiro atoms. The molecule has 0 unspecified atom stereocenters. The quantitative estimate of drug-likeness (QED) is 0.528. The average molecular weight is 177 g/mol. The molecule has 1 fully saturated rings. The molecule has 0 heterocycles. The van der Waals surface area contributed by atoms with Gasteiger partial charge in [0.1, 0.15) is 0 Å². The van der Waals surface area contributed by atoms with Crippen molar-refractivity contribution in [2.45, 2.75) is 12.3 Å². The Morgan fingerprint density at radius 1 is 1.38 bits per heavy atom. The van der Waals surface area contributed by atoms with Crippen LogP contribution in [0, 0.1) is 5.92 Å². The van der Waals surface area contributed by atoms with Crippen molar-refractivity contribution >= 4 is 5.91 Å². The second-order valence-electron chi connectivity index (χ2n) is 3.34. The van der Waals surface area contributed by atoms with E-state index in [0.717, 1.165) is 6.42 Å². The summed E-state index contributed by atoms with van der Waals surface area (Å²) in [4.78, 5) is 11.0. The second kappa shape index (κ2) is 3.18. The monoisotopic (exact) mass is 177 g/mol. The molecule has 1 amide bonds. The fraction of sp³-hybridized carbons (Fsp3) is 0.300. The molecule has 13 heavy (non-hydrogen) atoms. The lowest BCUT2D eigenvalue weighted by atomic mass is 10.1. The number of amides is 1. The second-order valence-corrected chi connectivity index (χ2v) is 3.34. The number of carbonyl (C=O) groups excluding carboxylic acids is 1. The molecule has 0 aromatic heterocycles. The normalized spacial score (nSPS) is 25.3. The Kier molecular flexibility index (Phi) is 2.02. The first kappa shape index (κ1) is 8.26. The number of hydrogen-bond donors (Lipinski definition) is 2. The lowest BCUT2D eigenvalue weighted by Gasteiger charge is -1.98. The maximum Gasteiger partial charge on any atom is 0.247 e. The summed E-state index contributed by atoms with van der Waals surface area (Å²) >= 11 is 0. The van der Waals surface area contributed by atoms with Gasteiger partial charge in [0.15, 0.2) is 0 Å². The molecule has 2 N–H and O–H groups in total. The fourth-order valence-corrected chi connectivity index (χ4v) is 1.64. The largest absolute Gasteiger partial charge is 0.289 e. The number of carbonyl (C=O) groups is 1. The van der Waals surface area contributed by atoms with Gasteiger partial charge in [-0.15, -0.1) is 0 Å². The maximum absolute atomic E-state index is 11.0. The third kappa shape index (κ3) is 1.55. The van der Waals surface area contributed by atoms with Gasteiger partial charge in [0.05, 0.1) is 0 Å². The van der Waals surface area contributed by atoms with Crippen molar-refractivity contribution in [2.24, 2.45) is 5.92 Å². The molecular formula is C10H11NO2. The van der Waals surface area contributed by atoms with Crippen LogP contribution in [-0.2, 0) is 4.79 Å². The Hall–Kier alpha value is -1.35. The first-order valence-electron chi connectivity index (χ1n) is 4.32. The van der Waals surface area contributed by atoms with Gasteiger partial charge in [0, 0.05) is 5.92 Å². The highest BCUT2D eigenvalue weighted by Gasteiger charge is 2.43. The van der Waals surface area contributed by atoms with Gasteiger partial charge in [-0.3, -0.25) is 10.0 Å². The molecular weight excluding hydrogens is 166 g/mol. The van der Waals surface area contributed by atoms with E-state index in [-0.39, 0.29) is 11.8 Å². The van der Waals surface area contributed by atoms with Gasteiger partial charge in [-0.1, -0.05) is 30.3 Å². The Labute approximate surface area is 76.3 Å². The molecule has 2 atom stereocenters. The van der Waals surface area contributed by atoms with Crippen LogP contribution in [-0.4, -0.2) is 11.1 Å². The summed E-state index contributed by atoms with van der Waals surface area (Å²) in [6.45, 7) is 0. The molecule has 0 saturated heterocycles. The van der Waals surface area contributed by atoms with Crippen molar-refractivity contribution in [3.8, 4) is 0 Å². The van der Waals surface area contributed by atoms with Crippen LogP contribution >= 0.6 is 0 Å². The molecule has 0 bridgehead atoms. The number of rotatable bonds is 2. The molecule has 0 aliphatic heterocycles. The van der Waals surface area contributed by atoms with E-state index in [1.165, 1.54) is 5.56 Å². The standard InChI is InChI=1S/C10H11NO2/c12-10(11-13)9-6-8(9)7-4-2-1-3-5-7/h1-5,8-9,13H,6H2,(H,11,12)/t8-,9+/m1/s1. The highest BCUT2D eigenvalue weighted by atomic mass is 16.5. The van der Waals surface area contributed by atoms with Crippen LogP contribution in [0.1, 0.15) is 17.9 Å². The summed E-state index contributed by atoms with van der Waals surface area (Å²) in [5.41, 5.74) is 2.86. The minimum Gasteiger partial charge on any atom is -0.289 e. The minimum absolute atomic E-state index is 0.0348. The van der Waals surface area contributed by atoms with Crippen LogP contribution in [0.25, 0.3) is 0 Å². The van der Waals surface area contributed by atoms with Crippen molar-refractivity contribution < 1.29 is 10.0 Å². The summed E-state index contributed by atoms with van der Waals surface area (Å²) in [6, 6.07) is 9.89. The van der Waals surface area contributed by atoms with Crippen LogP contribution in [0.2, 0.25) is 0 Å². The molecule has 1 aromatic carbocycles. The van der Waals surface area contributed by atoms with E-state index in [4.69, 9.17) is 5.21 Å². The van der Waals surface area contributed by atoms with E-state index in [0.29, 0.717) is 5.92 Å². The van der Waals surface area contributed by atoms with Crippen molar-refractivity contribution in [3.05, 3.63) is 35.9 Å². The van der Waals surface area contributed by atoms with E-state index in [1.807, 2.05) is 30.3 Å². The zero-order chi connectivity index (χ0) is 9.26. The fourth-order valence-electron chi connectivity index (χ4n) is 1.64. The number of benzene rings is 1. The Balaban J connectivity index is 2.04. The maximum atomic E-state index is 11.0. The molecule has 3 nitrogen and oxygen atoms in total. The van der Waals surface area contributed by atoms with Gasteiger partial charge < -0.3 is 0 Å². The number of hydroxylamine groups is 1. The van der Waals surface area contributed by atoms with Crippen LogP contribution in [0.5, 0.6) is 0 Å². The predicted molar refractivity (Wildman–Crippen MR) is 47.2 cm³/mol. The molecule has 1 aromatic rings. The van der Waals surface area contributed by atoms with E-state index >= 15 is 0 Å². The summed E-state index contributed by atoms with van der Waals surface area (Å²) in [5.74, 6) is -0.00500. The van der Waals surface area contributed by atoms with E-state index in [9.17, 15) is 4.79 Å². The van der Waals surface area contributed by atoms with Crippen LogP contribution in [0.3, 0.4) is 0 Å². The summed E-state index contributed by atoms with van der Waals surface area (Å²) in [7, 11) is 0. The van der Waals surface area contributed by atoms with E-state index in [1.54, 1.807) is 5.48 Å². The molecule has 0 radical (unpaired) electrons. The van der Waals surface area contributed by atoms with Crippen molar-refractivity contribution in [3.63, 3.8) is 0 Å². The van der Waals surface area contributed by atoms with E-state index < -0.39 is 0 Å². The van der Waals surface area contributed by atoms with Gasteiger partial charge in [0.2, 0.25) is 5.91 Å². The molecule has 1 aliphatic rings. The average Bonchev–Trinajstić information content (AvgIpc) is 2.98. The van der Waals surface area contributed by atoms with Gasteiger partial charge in [0.25, 0.3) is 0 Å². The zero-order valence-corrected chi connectivity index (χ0v) is 7.10. The van der Waals surface area contributed by atoms with Crippen LogP contribution in [0.4, 0.5) is 0 Å². The van der Waals surface area contributed by atoms with Crippen molar-refractivity contribution in [1.82, 2.24) is 5.48 Å². The highest BCUT2D eigenvalue weighted by molar-refractivity contribution is 5.81. The Morgan fingerprint density at radius 2 is 2.08 bits per heavy atom. The highest BCUT2D eigenvalue weighted by Crippen LogP contribution is 2.47. The molecule has 1 aliphatic carbocycles. The van der Waals surface area contributed by atoms with Crippen LogP contribution < -0.4 is 5.48 Å². The molecule has 68 valence electrons. The lowest BCUT2D eigenvalue weighted by Crippen LogP contribution is -2.20. The number of hydrogen-bond acceptors (Lipinski definition) is 2. The van der Waals surface area contributed by atoms with Crippen molar-refractivity contribution in [2.75, 3.05) is 0 Å². The number of nitrogens with one attached hydrogen (secondary N) is 1. The van der Waals surface area contributed by atoms with Gasteiger partial charge in [-0.2, -0.15) is 0 Å². The third-order valence-electron chi connectivity index (χ3n) is 2.47. The van der Waals surface area contributed by atoms with Gasteiger partial charge in [-0.05, 0) is 17.9 Å². The Bertz CT molecular complexity index is 310. The summed E-state index contributed by atoms with van der Waals surface area (Å²) in [5, 5.41) is 8.41. The minimum atomic E-state index is -0.270. The van der Waals surface area contributed by atoms with Gasteiger partial charge in [-0.25, -0.2) is 5.48 Å². The van der Waals surface area contributed by atoms with Gasteiger partial charge >= 0.3 is 0 Å². The topological polar surface area (TPSA) is 49.3 Å². The molecule has 3 heteroatoms. The SMILES string of the molecule is O=C(NO)[C@H]1C[C@@H]1c1ccccc1. The van der Waals surface area contributed by atoms with Crippen molar-refractivity contribution in [1.29, 1.82) is 0 Å².